The highest BCUT2D eigenvalue weighted by Gasteiger charge is 2.46. The Morgan fingerprint density at radius 1 is 0.921 bits per heavy atom. The second kappa shape index (κ2) is 10.8. The Labute approximate surface area is 215 Å². The Kier molecular flexibility index (Phi) is 7.64. The molecule has 0 aliphatic carbocycles. The van der Waals surface area contributed by atoms with Crippen molar-refractivity contribution in [3.8, 4) is 45.8 Å². The number of esters is 1. The molecule has 1 saturated heterocycles. The van der Waals surface area contributed by atoms with Crippen LogP contribution in [0.25, 0.3) is 22.3 Å². The average molecular weight is 535 g/mol. The van der Waals surface area contributed by atoms with Crippen LogP contribution in [0.2, 0.25) is 0 Å². The molecule has 13 heteroatoms. The largest absolute Gasteiger partial charge is 0.507 e. The molecule has 2 heterocycles. The Morgan fingerprint density at radius 3 is 2.18 bits per heavy atom. The lowest BCUT2D eigenvalue weighted by Crippen LogP contribution is -2.60. The molecule has 2 aromatic carbocycles. The molecule has 4 rings (SSSR count). The SMILES string of the molecule is COc1cc(-c2[o+]c3cc(O)cc(O)c3cc2O[C@@H]2O[C@H](COC(C)=O)[C@H](O)[C@@H](O)[C@H]2O)cc(OC)c1O. The summed E-state index contributed by atoms with van der Waals surface area (Å²) in [5, 5.41) is 62.0. The Bertz CT molecular complexity index is 1320. The molecule has 0 amide bonds. The normalized spacial score (nSPS) is 23.2. The lowest BCUT2D eigenvalue weighted by Gasteiger charge is -2.39. The number of carbonyl (C=O) groups excluding carboxylic acids is 1. The number of benzene rings is 2. The van der Waals surface area contributed by atoms with Crippen molar-refractivity contribution in [2.45, 2.75) is 37.6 Å². The van der Waals surface area contributed by atoms with Gasteiger partial charge in [0, 0.05) is 31.2 Å². The highest BCUT2D eigenvalue weighted by Crippen LogP contribution is 2.45. The summed E-state index contributed by atoms with van der Waals surface area (Å²) in [4.78, 5) is 11.2. The molecule has 5 atom stereocenters. The third-order valence-corrected chi connectivity index (χ3v) is 5.92. The van der Waals surface area contributed by atoms with Crippen molar-refractivity contribution in [3.63, 3.8) is 0 Å². The van der Waals surface area contributed by atoms with Crippen molar-refractivity contribution in [2.24, 2.45) is 0 Å². The summed E-state index contributed by atoms with van der Waals surface area (Å²) in [6.45, 7) is 0.726. The molecule has 0 spiro atoms. The van der Waals surface area contributed by atoms with Crippen molar-refractivity contribution >= 4 is 16.9 Å². The highest BCUT2D eigenvalue weighted by molar-refractivity contribution is 5.88. The molecular weight excluding hydrogens is 508 g/mol. The molecule has 0 bridgehead atoms. The van der Waals surface area contributed by atoms with Crippen LogP contribution in [0.1, 0.15) is 6.92 Å². The summed E-state index contributed by atoms with van der Waals surface area (Å²) in [7, 11) is 2.65. The fourth-order valence-corrected chi connectivity index (χ4v) is 3.97. The Morgan fingerprint density at radius 2 is 1.58 bits per heavy atom. The molecular formula is C25H27O13+. The van der Waals surface area contributed by atoms with Crippen LogP contribution in [0.4, 0.5) is 0 Å². The van der Waals surface area contributed by atoms with E-state index >= 15 is 0 Å². The lowest BCUT2D eigenvalue weighted by atomic mass is 9.99. The number of aromatic hydroxyl groups is 3. The first-order valence-electron chi connectivity index (χ1n) is 11.3. The van der Waals surface area contributed by atoms with Crippen molar-refractivity contribution in [1.29, 1.82) is 0 Å². The van der Waals surface area contributed by atoms with Gasteiger partial charge >= 0.3 is 17.3 Å². The number of aliphatic hydroxyl groups is 3. The molecule has 13 nitrogen and oxygen atoms in total. The summed E-state index contributed by atoms with van der Waals surface area (Å²) < 4.78 is 32.7. The van der Waals surface area contributed by atoms with Crippen LogP contribution in [0, 0.1) is 0 Å². The van der Waals surface area contributed by atoms with Crippen LogP contribution in [0.5, 0.6) is 34.5 Å². The van der Waals surface area contributed by atoms with E-state index in [0.717, 1.165) is 13.0 Å². The van der Waals surface area contributed by atoms with Crippen molar-refractivity contribution < 1.29 is 63.5 Å². The van der Waals surface area contributed by atoms with Gasteiger partial charge in [0.05, 0.1) is 25.8 Å². The molecule has 38 heavy (non-hydrogen) atoms. The molecule has 204 valence electrons. The molecule has 1 aliphatic heterocycles. The number of carbonyl (C=O) groups is 1. The quantitative estimate of drug-likeness (QED) is 0.187. The number of phenols is 3. The number of aliphatic hydroxyl groups excluding tert-OH is 3. The van der Waals surface area contributed by atoms with Gasteiger partial charge in [-0.15, -0.1) is 0 Å². The predicted molar refractivity (Wildman–Crippen MR) is 128 cm³/mol. The second-order valence-corrected chi connectivity index (χ2v) is 8.48. The zero-order chi connectivity index (χ0) is 27.7. The summed E-state index contributed by atoms with van der Waals surface area (Å²) >= 11 is 0. The van der Waals surface area contributed by atoms with Crippen LogP contribution < -0.4 is 14.2 Å². The topological polar surface area (TPSA) is 196 Å². The van der Waals surface area contributed by atoms with E-state index in [9.17, 15) is 35.4 Å². The minimum atomic E-state index is -1.75. The third kappa shape index (κ3) is 5.17. The van der Waals surface area contributed by atoms with E-state index in [1.165, 1.54) is 38.5 Å². The van der Waals surface area contributed by atoms with E-state index in [2.05, 4.69) is 0 Å². The number of phenolic OH excluding ortho intramolecular Hbond substituents is 3. The number of hydrogen-bond acceptors (Lipinski definition) is 12. The van der Waals surface area contributed by atoms with Crippen LogP contribution in [-0.4, -0.2) is 88.1 Å². The number of methoxy groups -OCH3 is 2. The minimum Gasteiger partial charge on any atom is -0.507 e. The van der Waals surface area contributed by atoms with E-state index in [1.54, 1.807) is 0 Å². The first-order chi connectivity index (χ1) is 18.0. The first-order valence-corrected chi connectivity index (χ1v) is 11.3. The van der Waals surface area contributed by atoms with E-state index in [4.69, 9.17) is 28.1 Å². The maximum atomic E-state index is 11.2. The molecule has 0 unspecified atom stereocenters. The molecule has 0 radical (unpaired) electrons. The van der Waals surface area contributed by atoms with Gasteiger partial charge in [0.1, 0.15) is 47.9 Å². The minimum absolute atomic E-state index is 0.0216. The predicted octanol–water partition coefficient (Wildman–Crippen LogP) is 1.26. The first kappa shape index (κ1) is 27.0. The van der Waals surface area contributed by atoms with Crippen molar-refractivity contribution in [3.05, 3.63) is 30.3 Å². The third-order valence-electron chi connectivity index (χ3n) is 5.92. The summed E-state index contributed by atoms with van der Waals surface area (Å²) in [5.74, 6) is -1.68. The van der Waals surface area contributed by atoms with Gasteiger partial charge in [-0.2, -0.15) is 0 Å². The van der Waals surface area contributed by atoms with Gasteiger partial charge in [0.2, 0.25) is 17.8 Å². The zero-order valence-electron chi connectivity index (χ0n) is 20.5. The maximum absolute atomic E-state index is 11.2. The van der Waals surface area contributed by atoms with E-state index in [1.807, 2.05) is 0 Å². The molecule has 1 aromatic heterocycles. The highest BCUT2D eigenvalue weighted by atomic mass is 16.7. The molecule has 0 saturated carbocycles. The Balaban J connectivity index is 1.83. The fraction of sp³-hybridized carbons (Fsp3) is 0.360. The van der Waals surface area contributed by atoms with E-state index in [0.29, 0.717) is 0 Å². The molecule has 1 fully saturated rings. The second-order valence-electron chi connectivity index (χ2n) is 8.48. The van der Waals surface area contributed by atoms with Crippen LogP contribution in [0.3, 0.4) is 0 Å². The zero-order valence-corrected chi connectivity index (χ0v) is 20.5. The van der Waals surface area contributed by atoms with Crippen LogP contribution in [0.15, 0.2) is 34.7 Å². The van der Waals surface area contributed by atoms with Gasteiger partial charge in [-0.25, -0.2) is 4.42 Å². The van der Waals surface area contributed by atoms with Gasteiger partial charge < -0.3 is 54.3 Å². The van der Waals surface area contributed by atoms with E-state index in [-0.39, 0.29) is 56.8 Å². The summed E-state index contributed by atoms with van der Waals surface area (Å²) in [6, 6.07) is 6.47. The van der Waals surface area contributed by atoms with E-state index < -0.39 is 43.3 Å². The summed E-state index contributed by atoms with van der Waals surface area (Å²) in [5.41, 5.74) is 0.294. The monoisotopic (exact) mass is 535 g/mol. The number of rotatable bonds is 7. The molecule has 1 aliphatic rings. The van der Waals surface area contributed by atoms with Crippen LogP contribution in [-0.2, 0) is 14.3 Å². The molecule has 3 aromatic rings. The smallest absolute Gasteiger partial charge is 0.402 e. The number of ether oxygens (including phenoxy) is 5. The summed E-state index contributed by atoms with van der Waals surface area (Å²) in [6.07, 6.45) is -7.92. The fourth-order valence-electron chi connectivity index (χ4n) is 3.97. The number of hydrogen-bond donors (Lipinski definition) is 6. The Hall–Kier alpha value is -4.04. The van der Waals surface area contributed by atoms with Gasteiger partial charge in [-0.05, 0) is 0 Å². The van der Waals surface area contributed by atoms with Gasteiger partial charge in [-0.1, -0.05) is 0 Å². The van der Waals surface area contributed by atoms with Crippen molar-refractivity contribution in [2.75, 3.05) is 20.8 Å². The van der Waals surface area contributed by atoms with Crippen LogP contribution >= 0.6 is 0 Å². The maximum Gasteiger partial charge on any atom is 0.402 e. The lowest BCUT2D eigenvalue weighted by molar-refractivity contribution is -0.278. The van der Waals surface area contributed by atoms with Gasteiger partial charge in [0.25, 0.3) is 0 Å². The number of fused-ring (bicyclic) bond motifs is 1. The van der Waals surface area contributed by atoms with Crippen molar-refractivity contribution in [1.82, 2.24) is 0 Å². The molecule has 6 N–H and O–H groups in total. The average Bonchev–Trinajstić information content (AvgIpc) is 2.88. The standard InChI is InChI=1S/C25H26O13/c1-10(26)35-9-19-21(30)22(31)23(32)25(38-19)37-18-8-13-14(28)6-12(27)7-15(13)36-24(18)11-4-16(33-2)20(29)17(5-11)34-3/h4-8,19,21-23,25,30-32H,9H2,1-3H3,(H2-,27,28,29)/p+1/t19-,21+,22-,23-,25-/m1/s1. The van der Waals surface area contributed by atoms with Gasteiger partial charge in [0.15, 0.2) is 11.5 Å². The van der Waals surface area contributed by atoms with Gasteiger partial charge in [-0.3, -0.25) is 4.79 Å².